The standard InChI is InChI=1S/2C5H5.Fe.Ir/c2*1-2-4-5-3-1;;/h2*1-5H;;. The first-order valence-corrected chi connectivity index (χ1v) is 11.7. The van der Waals surface area contributed by atoms with Gasteiger partial charge >= 0.3 is 54.7 Å². The second-order valence-electron chi connectivity index (χ2n) is 9.58. The SMILES string of the molecule is [CH]12[CH]3[CH]4[CH]5[CH]1[Fe]23451678[CH]2[CH]1[CH]6[CH]7[CH]28.[Ir]. The van der Waals surface area contributed by atoms with E-state index in [2.05, 4.69) is 0 Å². The Bertz CT molecular complexity index is 577. The predicted octanol–water partition coefficient (Wildman–Crippen LogP) is 3.37. The van der Waals surface area contributed by atoms with E-state index in [1.165, 1.54) is 0 Å². The number of hydrogen-bond donors (Lipinski definition) is 0. The Labute approximate surface area is 74.5 Å². The van der Waals surface area contributed by atoms with Gasteiger partial charge in [0.2, 0.25) is 0 Å². The molecule has 0 aromatic carbocycles. The molecule has 0 aromatic rings. The van der Waals surface area contributed by atoms with Crippen LogP contribution in [0.4, 0.5) is 0 Å². The minimum atomic E-state index is -2.28. The summed E-state index contributed by atoms with van der Waals surface area (Å²) in [6.45, 7) is -2.28. The Morgan fingerprint density at radius 2 is 0.583 bits per heavy atom. The third kappa shape index (κ3) is 0.0285. The monoisotopic (exact) mass is 379 g/mol. The van der Waals surface area contributed by atoms with Crippen LogP contribution >= 0.6 is 0 Å². The minimum absolute atomic E-state index is 0. The molecular weight excluding hydrogens is 368 g/mol. The number of fused-ring (bicyclic) bond motifs is 10. The fourth-order valence-electron chi connectivity index (χ4n) is 15.8. The molecule has 0 unspecified atom stereocenters. The molecule has 10 aliphatic heterocycles. The normalized spacial score (nSPS) is 157. The van der Waals surface area contributed by atoms with Crippen molar-refractivity contribution in [3.8, 4) is 0 Å². The van der Waals surface area contributed by atoms with E-state index in [0.717, 1.165) is 0 Å². The van der Waals surface area contributed by atoms with Crippen LogP contribution in [0.5, 0.6) is 0 Å². The van der Waals surface area contributed by atoms with Gasteiger partial charge in [-0.05, 0) is 0 Å². The molecule has 2 heteroatoms. The molecule has 0 saturated carbocycles. The van der Waals surface area contributed by atoms with E-state index >= 15 is 0 Å². The van der Waals surface area contributed by atoms with E-state index in [0.29, 0.717) is 0 Å². The van der Waals surface area contributed by atoms with Gasteiger partial charge in [0.15, 0.2) is 0 Å². The van der Waals surface area contributed by atoms with Crippen LogP contribution in [0.2, 0.25) is 48.2 Å². The zero-order chi connectivity index (χ0) is 6.09. The molecule has 12 heavy (non-hydrogen) atoms. The zero-order valence-corrected chi connectivity index (χ0v) is 9.96. The molecule has 0 amide bonds. The van der Waals surface area contributed by atoms with E-state index in [9.17, 15) is 0 Å². The average molecular weight is 378 g/mol. The third-order valence-corrected chi connectivity index (χ3v) is 56.5. The Balaban J connectivity index is 0.000000400. The number of hydrogen-bond acceptors (Lipinski definition) is 0. The maximum absolute atomic E-state index is 2.28. The molecule has 0 aromatic heterocycles. The molecule has 0 nitrogen and oxygen atoms in total. The van der Waals surface area contributed by atoms with Crippen molar-refractivity contribution < 1.29 is 26.6 Å². The molecule has 10 aliphatic rings. The summed E-state index contributed by atoms with van der Waals surface area (Å²) in [5.74, 6) is 0. The molecule has 10 saturated heterocycles. The molecule has 1 spiro atoms. The number of rotatable bonds is 0. The summed E-state index contributed by atoms with van der Waals surface area (Å²) < 4.78 is 0. The van der Waals surface area contributed by atoms with Crippen molar-refractivity contribution in [1.82, 2.24) is 0 Å². The Kier molecular flexibility index (Phi) is 0.0949. The molecule has 1 radical (unpaired) electrons. The van der Waals surface area contributed by atoms with Crippen molar-refractivity contribution in [2.75, 3.05) is 0 Å². The van der Waals surface area contributed by atoms with Crippen molar-refractivity contribution in [3.63, 3.8) is 0 Å². The Morgan fingerprint density at radius 1 is 0.417 bits per heavy atom. The van der Waals surface area contributed by atoms with Gasteiger partial charge in [-0.2, -0.15) is 0 Å². The van der Waals surface area contributed by atoms with Crippen LogP contribution < -0.4 is 0 Å². The van der Waals surface area contributed by atoms with Crippen LogP contribution in [0, 0.1) is 0 Å². The maximum atomic E-state index is 1.59. The van der Waals surface area contributed by atoms with Crippen LogP contribution in [0.15, 0.2) is 0 Å². The largest absolute Gasteiger partial charge is 0 e. The van der Waals surface area contributed by atoms with Gasteiger partial charge in [-0.15, -0.1) is 0 Å². The van der Waals surface area contributed by atoms with Gasteiger partial charge in [0.25, 0.3) is 0 Å². The summed E-state index contributed by atoms with van der Waals surface area (Å²) in [5.41, 5.74) is 0. The fourth-order valence-corrected chi connectivity index (χ4v) is 88.0. The third-order valence-electron chi connectivity index (χ3n) is 14.5. The van der Waals surface area contributed by atoms with Crippen LogP contribution in [0.25, 0.3) is 0 Å². The summed E-state index contributed by atoms with van der Waals surface area (Å²) in [4.78, 5) is 15.9. The minimum Gasteiger partial charge on any atom is 0 e. The average Bonchev–Trinajstić information content (AvgIpc) is 3.01. The van der Waals surface area contributed by atoms with E-state index in [1.807, 2.05) is 0 Å². The van der Waals surface area contributed by atoms with Gasteiger partial charge in [0.1, 0.15) is 0 Å². The second kappa shape index (κ2) is 0.262. The van der Waals surface area contributed by atoms with Crippen LogP contribution in [0.3, 0.4) is 0 Å². The van der Waals surface area contributed by atoms with Crippen molar-refractivity contribution >= 4 is 0 Å². The molecular formula is C10H10FeIr. The molecule has 10 rings (SSSR count). The van der Waals surface area contributed by atoms with Crippen molar-refractivity contribution in [3.05, 3.63) is 0 Å². The zero-order valence-electron chi connectivity index (χ0n) is 6.46. The van der Waals surface area contributed by atoms with Crippen molar-refractivity contribution in [2.24, 2.45) is 0 Å². The first-order valence-electron chi connectivity index (χ1n) is 5.37. The second-order valence-corrected chi connectivity index (χ2v) is 33.5. The molecule has 0 bridgehead atoms. The van der Waals surface area contributed by atoms with E-state index in [-0.39, 0.29) is 20.1 Å². The van der Waals surface area contributed by atoms with Gasteiger partial charge in [0, 0.05) is 20.1 Å². The first kappa shape index (κ1) is 4.35. The van der Waals surface area contributed by atoms with Gasteiger partial charge in [-0.3, -0.25) is 0 Å². The topological polar surface area (TPSA) is 0 Å². The fraction of sp³-hybridized carbons (Fsp3) is 1.00. The maximum Gasteiger partial charge on any atom is 0 e. The summed E-state index contributed by atoms with van der Waals surface area (Å²) in [6.07, 6.45) is 0. The molecule has 10 fully saturated rings. The Morgan fingerprint density at radius 3 is 0.583 bits per heavy atom. The van der Waals surface area contributed by atoms with Crippen molar-refractivity contribution in [1.29, 1.82) is 0 Å². The van der Waals surface area contributed by atoms with Crippen LogP contribution in [-0.2, 0) is 26.6 Å². The van der Waals surface area contributed by atoms with Crippen LogP contribution in [0.1, 0.15) is 0 Å². The first-order chi connectivity index (χ1) is 5.16. The molecule has 0 aliphatic carbocycles. The van der Waals surface area contributed by atoms with Crippen LogP contribution in [-0.4, -0.2) is 0 Å². The summed E-state index contributed by atoms with van der Waals surface area (Å²) >= 11 is 0. The summed E-state index contributed by atoms with van der Waals surface area (Å²) in [7, 11) is 0. The smallest absolute Gasteiger partial charge is 0 e. The van der Waals surface area contributed by atoms with E-state index < -0.39 is 6.51 Å². The van der Waals surface area contributed by atoms with E-state index in [1.54, 1.807) is 48.2 Å². The summed E-state index contributed by atoms with van der Waals surface area (Å²) in [6, 6.07) is 0. The van der Waals surface area contributed by atoms with E-state index in [4.69, 9.17) is 0 Å². The molecule has 0 atom stereocenters. The molecule has 0 N–H and O–H groups in total. The summed E-state index contributed by atoms with van der Waals surface area (Å²) in [5, 5.41) is 0. The van der Waals surface area contributed by atoms with Gasteiger partial charge in [-0.25, -0.2) is 0 Å². The Hall–Kier alpha value is 1.17. The molecule has 67 valence electrons. The quantitative estimate of drug-likeness (QED) is 0.567. The predicted molar refractivity (Wildman–Crippen MR) is 37.5 cm³/mol. The van der Waals surface area contributed by atoms with Gasteiger partial charge in [-0.1, -0.05) is 0 Å². The molecule has 10 heterocycles. The van der Waals surface area contributed by atoms with Gasteiger partial charge < -0.3 is 0 Å². The van der Waals surface area contributed by atoms with Gasteiger partial charge in [0.05, 0.1) is 0 Å². The van der Waals surface area contributed by atoms with Crippen molar-refractivity contribution in [2.45, 2.75) is 48.2 Å².